The first-order chi connectivity index (χ1) is 30.4. The van der Waals surface area contributed by atoms with Crippen LogP contribution < -0.4 is 10.4 Å². The number of hydrogen-bond donors (Lipinski definition) is 3. The molecule has 5 aromatic rings. The number of esters is 2. The van der Waals surface area contributed by atoms with Gasteiger partial charge >= 0.3 is 17.6 Å². The van der Waals surface area contributed by atoms with Crippen LogP contribution in [0.4, 0.5) is 0 Å². The zero-order chi connectivity index (χ0) is 44.7. The SMILES string of the molecule is COCC(CCO)c1c(CO)c2ccc3c(c2oc1=O)C1OC(=O)CC(CCc2cccc(Cc4ccccc4)c2)Cc2ccc(cc2)CCC(=C(C)CO)C(=O)OC1C(C)(C)O3. The summed E-state index contributed by atoms with van der Waals surface area (Å²) in [7, 11) is 1.49. The van der Waals surface area contributed by atoms with Crippen molar-refractivity contribution in [3.05, 3.63) is 157 Å². The Morgan fingerprint density at radius 2 is 1.57 bits per heavy atom. The van der Waals surface area contributed by atoms with E-state index in [1.54, 1.807) is 32.9 Å². The average molecular weight is 859 g/mol. The molecule has 0 amide bonds. The largest absolute Gasteiger partial charge is 0.483 e. The number of aryl methyl sites for hydroxylation is 2. The maximum Gasteiger partial charge on any atom is 0.340 e. The van der Waals surface area contributed by atoms with Gasteiger partial charge in [-0.3, -0.25) is 4.79 Å². The standard InChI is InChI=1S/C52H58O11/c1-32(29-54)40-20-19-33-13-15-36(16-14-33)27-38(18-17-35-11-8-12-37(26-35)25-34-9-6-5-7-10-34)28-44(56)60-48-46-43(63-52(2,3)49(48)62-50(40)57)22-21-41-42(30-55)45(51(58)61-47(41)46)39(23-24-53)31-59-4/h5-16,21-22,26,38-39,48-49,53-55H,17-20,23-25,27-31H2,1-4H3. The first-order valence-electron chi connectivity index (χ1n) is 21.8. The summed E-state index contributed by atoms with van der Waals surface area (Å²) in [5.74, 6) is -1.70. The Labute approximate surface area is 368 Å². The van der Waals surface area contributed by atoms with Crippen molar-refractivity contribution in [2.24, 2.45) is 5.92 Å². The van der Waals surface area contributed by atoms with Crippen molar-refractivity contribution in [1.29, 1.82) is 0 Å². The van der Waals surface area contributed by atoms with Gasteiger partial charge in [-0.15, -0.1) is 0 Å². The summed E-state index contributed by atoms with van der Waals surface area (Å²) < 4.78 is 30.9. The van der Waals surface area contributed by atoms with E-state index in [9.17, 15) is 29.7 Å². The molecule has 3 aliphatic rings. The molecule has 0 aliphatic carbocycles. The molecule has 2 bridgehead atoms. The van der Waals surface area contributed by atoms with Gasteiger partial charge in [0.1, 0.15) is 16.9 Å². The summed E-state index contributed by atoms with van der Waals surface area (Å²) in [6.07, 6.45) is 1.30. The van der Waals surface area contributed by atoms with Crippen LogP contribution in [0.3, 0.4) is 0 Å². The monoisotopic (exact) mass is 858 g/mol. The number of ether oxygens (including phenoxy) is 4. The number of methoxy groups -OCH3 is 1. The molecule has 332 valence electrons. The highest BCUT2D eigenvalue weighted by Crippen LogP contribution is 2.48. The first-order valence-corrected chi connectivity index (χ1v) is 21.8. The summed E-state index contributed by atoms with van der Waals surface area (Å²) >= 11 is 0. The fraction of sp³-hybridized carbons (Fsp3) is 0.404. The predicted molar refractivity (Wildman–Crippen MR) is 239 cm³/mol. The van der Waals surface area contributed by atoms with Crippen molar-refractivity contribution in [3.63, 3.8) is 0 Å². The minimum absolute atomic E-state index is 0.0167. The molecule has 1 aromatic heterocycles. The average Bonchev–Trinajstić information content (AvgIpc) is 3.26. The summed E-state index contributed by atoms with van der Waals surface area (Å²) in [6.45, 7) is 4.11. The Morgan fingerprint density at radius 3 is 2.29 bits per heavy atom. The molecule has 11 heteroatoms. The van der Waals surface area contributed by atoms with E-state index in [1.807, 2.05) is 30.3 Å². The number of fused-ring (bicyclic) bond motifs is 13. The van der Waals surface area contributed by atoms with Crippen LogP contribution in [0.1, 0.15) is 103 Å². The Balaban J connectivity index is 1.30. The summed E-state index contributed by atoms with van der Waals surface area (Å²) in [5.41, 5.74) is 5.04. The van der Waals surface area contributed by atoms with Crippen LogP contribution in [0.25, 0.3) is 11.0 Å². The molecular formula is C52H58O11. The molecule has 0 fully saturated rings. The van der Waals surface area contributed by atoms with Gasteiger partial charge in [0.25, 0.3) is 0 Å². The van der Waals surface area contributed by atoms with E-state index in [1.165, 1.54) is 23.8 Å². The fourth-order valence-electron chi connectivity index (χ4n) is 9.15. The summed E-state index contributed by atoms with van der Waals surface area (Å²) in [6, 6.07) is 30.4. The van der Waals surface area contributed by atoms with Gasteiger partial charge < -0.3 is 38.7 Å². The van der Waals surface area contributed by atoms with E-state index in [0.717, 1.165) is 24.0 Å². The highest BCUT2D eigenvalue weighted by atomic mass is 16.6. The molecule has 0 spiro atoms. The lowest BCUT2D eigenvalue weighted by Gasteiger charge is -2.43. The van der Waals surface area contributed by atoms with Crippen LogP contribution in [0.5, 0.6) is 5.75 Å². The lowest BCUT2D eigenvalue weighted by atomic mass is 9.85. The third-order valence-corrected chi connectivity index (χ3v) is 12.5. The zero-order valence-corrected chi connectivity index (χ0v) is 36.6. The second kappa shape index (κ2) is 20.3. The molecule has 63 heavy (non-hydrogen) atoms. The highest BCUT2D eigenvalue weighted by Gasteiger charge is 2.51. The molecular weight excluding hydrogens is 801 g/mol. The maximum absolute atomic E-state index is 14.6. The van der Waals surface area contributed by atoms with Crippen molar-refractivity contribution in [1.82, 2.24) is 0 Å². The van der Waals surface area contributed by atoms with Crippen LogP contribution >= 0.6 is 0 Å². The Kier molecular flexibility index (Phi) is 14.6. The van der Waals surface area contributed by atoms with Crippen LogP contribution in [-0.4, -0.2) is 65.9 Å². The molecule has 4 aromatic carbocycles. The van der Waals surface area contributed by atoms with Crippen molar-refractivity contribution in [2.75, 3.05) is 26.9 Å². The van der Waals surface area contributed by atoms with Gasteiger partial charge in [0.15, 0.2) is 12.2 Å². The van der Waals surface area contributed by atoms with Crippen molar-refractivity contribution < 1.29 is 48.3 Å². The number of aliphatic hydroxyl groups is 3. The number of aliphatic hydroxyl groups excluding tert-OH is 3. The van der Waals surface area contributed by atoms with E-state index in [0.29, 0.717) is 30.2 Å². The van der Waals surface area contributed by atoms with E-state index >= 15 is 0 Å². The summed E-state index contributed by atoms with van der Waals surface area (Å²) in [4.78, 5) is 42.9. The maximum atomic E-state index is 14.6. The Hall–Kier alpha value is -5.59. The number of rotatable bonds is 12. The van der Waals surface area contributed by atoms with E-state index in [-0.39, 0.29) is 78.6 Å². The molecule has 8 rings (SSSR count). The Bertz CT molecular complexity index is 2480. The van der Waals surface area contributed by atoms with Gasteiger partial charge in [0.2, 0.25) is 0 Å². The normalized spacial score (nSPS) is 20.3. The number of carbonyl (C=O) groups is 2. The molecule has 4 unspecified atom stereocenters. The van der Waals surface area contributed by atoms with E-state index < -0.39 is 47.9 Å². The fourth-order valence-corrected chi connectivity index (χ4v) is 9.15. The smallest absolute Gasteiger partial charge is 0.340 e. The number of hydrogen-bond acceptors (Lipinski definition) is 11. The second-order valence-electron chi connectivity index (χ2n) is 17.4. The molecule has 0 saturated carbocycles. The first kappa shape index (κ1) is 45.4. The quantitative estimate of drug-likeness (QED) is 0.0638. The highest BCUT2D eigenvalue weighted by molar-refractivity contribution is 5.90. The minimum Gasteiger partial charge on any atom is -0.483 e. The molecule has 0 saturated heterocycles. The van der Waals surface area contributed by atoms with Gasteiger partial charge in [-0.25, -0.2) is 9.59 Å². The van der Waals surface area contributed by atoms with Crippen molar-refractivity contribution in [3.8, 4) is 5.75 Å². The van der Waals surface area contributed by atoms with E-state index in [2.05, 4.69) is 48.5 Å². The zero-order valence-electron chi connectivity index (χ0n) is 36.6. The van der Waals surface area contributed by atoms with Gasteiger partial charge in [-0.2, -0.15) is 0 Å². The van der Waals surface area contributed by atoms with Gasteiger partial charge in [-0.1, -0.05) is 78.9 Å². The van der Waals surface area contributed by atoms with E-state index in [4.69, 9.17) is 23.4 Å². The van der Waals surface area contributed by atoms with Gasteiger partial charge in [0, 0.05) is 42.6 Å². The second-order valence-corrected chi connectivity index (χ2v) is 17.4. The lowest BCUT2D eigenvalue weighted by molar-refractivity contribution is -0.188. The van der Waals surface area contributed by atoms with Crippen LogP contribution in [0.15, 0.2) is 111 Å². The van der Waals surface area contributed by atoms with Gasteiger partial charge in [-0.05, 0) is 123 Å². The molecule has 4 atom stereocenters. The third-order valence-electron chi connectivity index (χ3n) is 12.5. The molecule has 0 radical (unpaired) electrons. The van der Waals surface area contributed by atoms with Crippen LogP contribution in [0, 0.1) is 5.92 Å². The van der Waals surface area contributed by atoms with Crippen LogP contribution in [0.2, 0.25) is 0 Å². The van der Waals surface area contributed by atoms with Crippen molar-refractivity contribution >= 4 is 22.9 Å². The Morgan fingerprint density at radius 1 is 0.841 bits per heavy atom. The molecule has 3 aliphatic heterocycles. The number of carbonyl (C=O) groups excluding carboxylic acids is 2. The van der Waals surface area contributed by atoms with Crippen LogP contribution in [-0.2, 0) is 56.1 Å². The van der Waals surface area contributed by atoms with Crippen molar-refractivity contribution in [2.45, 2.75) is 102 Å². The van der Waals surface area contributed by atoms with Gasteiger partial charge in [0.05, 0.1) is 25.4 Å². The number of benzene rings is 4. The topological polar surface area (TPSA) is 162 Å². The third kappa shape index (κ3) is 10.5. The minimum atomic E-state index is -1.31. The lowest BCUT2D eigenvalue weighted by Crippen LogP contribution is -2.52. The molecule has 3 N–H and O–H groups in total. The summed E-state index contributed by atoms with van der Waals surface area (Å²) in [5, 5.41) is 31.3. The molecule has 11 nitrogen and oxygen atoms in total. The molecule has 4 heterocycles. The predicted octanol–water partition coefficient (Wildman–Crippen LogP) is 7.79.